The molecule has 0 spiro atoms. The lowest BCUT2D eigenvalue weighted by Gasteiger charge is -2.16. The van der Waals surface area contributed by atoms with E-state index in [9.17, 15) is 9.59 Å². The van der Waals surface area contributed by atoms with Gasteiger partial charge in [0.1, 0.15) is 6.29 Å². The molecule has 64 valence electrons. The van der Waals surface area contributed by atoms with Gasteiger partial charge >= 0.3 is 0 Å². The lowest BCUT2D eigenvalue weighted by molar-refractivity contribution is -0.143. The summed E-state index contributed by atoms with van der Waals surface area (Å²) in [5.74, 6) is 0. The fourth-order valence-corrected chi connectivity index (χ4v) is 0.577. The van der Waals surface area contributed by atoms with Crippen LogP contribution in [-0.4, -0.2) is 41.8 Å². The molecule has 0 aromatic rings. The third kappa shape index (κ3) is 3.69. The maximum atomic E-state index is 9.85. The van der Waals surface area contributed by atoms with E-state index in [0.29, 0.717) is 6.29 Å². The minimum atomic E-state index is -1.12. The van der Waals surface area contributed by atoms with Crippen molar-refractivity contribution in [2.24, 2.45) is 0 Å². The zero-order valence-corrected chi connectivity index (χ0v) is 5.84. The van der Waals surface area contributed by atoms with Gasteiger partial charge in [-0.3, -0.25) is 4.79 Å². The molecule has 2 atom stereocenters. The van der Waals surface area contributed by atoms with Gasteiger partial charge < -0.3 is 19.7 Å². The van der Waals surface area contributed by atoms with Crippen LogP contribution in [0.1, 0.15) is 6.42 Å². The number of carbonyl (C=O) groups excluding carboxylic acids is 2. The van der Waals surface area contributed by atoms with Gasteiger partial charge in [-0.2, -0.15) is 0 Å². The van der Waals surface area contributed by atoms with Crippen molar-refractivity contribution >= 4 is 12.8 Å². The average molecular weight is 162 g/mol. The molecule has 0 bridgehead atoms. The average Bonchev–Trinajstić information content (AvgIpc) is 2.00. The lowest BCUT2D eigenvalue weighted by Crippen LogP contribution is -2.32. The molecule has 5 heteroatoms. The quantitative estimate of drug-likeness (QED) is 0.463. The SMILES string of the molecule is O=CC[C@H](O)[C@@H](CO)OC=O. The van der Waals surface area contributed by atoms with Crippen LogP contribution in [0.4, 0.5) is 0 Å². The first-order valence-electron chi connectivity index (χ1n) is 3.08. The van der Waals surface area contributed by atoms with Crippen LogP contribution in [0.5, 0.6) is 0 Å². The Morgan fingerprint density at radius 1 is 1.45 bits per heavy atom. The number of rotatable bonds is 6. The number of carbonyl (C=O) groups is 2. The van der Waals surface area contributed by atoms with Crippen molar-refractivity contribution in [1.29, 1.82) is 0 Å². The van der Waals surface area contributed by atoms with E-state index in [1.54, 1.807) is 0 Å². The molecule has 0 heterocycles. The first-order chi connectivity index (χ1) is 5.26. The lowest BCUT2D eigenvalue weighted by atomic mass is 10.1. The highest BCUT2D eigenvalue weighted by molar-refractivity contribution is 5.50. The number of aliphatic hydroxyl groups excluding tert-OH is 2. The summed E-state index contributed by atoms with van der Waals surface area (Å²) in [4.78, 5) is 19.6. The van der Waals surface area contributed by atoms with Crippen molar-refractivity contribution in [2.45, 2.75) is 18.6 Å². The van der Waals surface area contributed by atoms with Crippen LogP contribution < -0.4 is 0 Å². The van der Waals surface area contributed by atoms with Crippen LogP contribution in [0.2, 0.25) is 0 Å². The van der Waals surface area contributed by atoms with Crippen molar-refractivity contribution < 1.29 is 24.5 Å². The molecule has 0 saturated heterocycles. The van der Waals surface area contributed by atoms with Gasteiger partial charge in [0.25, 0.3) is 6.47 Å². The highest BCUT2D eigenvalue weighted by Gasteiger charge is 2.18. The Morgan fingerprint density at radius 3 is 2.45 bits per heavy atom. The first-order valence-corrected chi connectivity index (χ1v) is 3.08. The largest absolute Gasteiger partial charge is 0.459 e. The van der Waals surface area contributed by atoms with Crippen molar-refractivity contribution in [3.8, 4) is 0 Å². The molecule has 0 aromatic carbocycles. The monoisotopic (exact) mass is 162 g/mol. The zero-order chi connectivity index (χ0) is 8.69. The number of hydrogen-bond acceptors (Lipinski definition) is 5. The van der Waals surface area contributed by atoms with Crippen molar-refractivity contribution in [1.82, 2.24) is 0 Å². The minimum Gasteiger partial charge on any atom is -0.459 e. The second-order valence-corrected chi connectivity index (χ2v) is 1.92. The Bertz CT molecular complexity index is 124. The number of ether oxygens (including phenoxy) is 1. The Hall–Kier alpha value is -0.940. The molecule has 0 fully saturated rings. The summed E-state index contributed by atoms with van der Waals surface area (Å²) in [5, 5.41) is 17.5. The van der Waals surface area contributed by atoms with Crippen LogP contribution in [0.25, 0.3) is 0 Å². The first kappa shape index (κ1) is 10.1. The van der Waals surface area contributed by atoms with E-state index in [-0.39, 0.29) is 12.9 Å². The standard InChI is InChI=1S/C6H10O5/c7-2-1-5(10)6(3-8)11-4-9/h2,4-6,8,10H,1,3H2/t5-,6+/m0/s1. The Morgan fingerprint density at radius 2 is 2.09 bits per heavy atom. The highest BCUT2D eigenvalue weighted by Crippen LogP contribution is 1.99. The maximum Gasteiger partial charge on any atom is 0.293 e. The van der Waals surface area contributed by atoms with Gasteiger partial charge in [-0.25, -0.2) is 0 Å². The smallest absolute Gasteiger partial charge is 0.293 e. The minimum absolute atomic E-state index is 0.120. The van der Waals surface area contributed by atoms with E-state index in [2.05, 4.69) is 4.74 Å². The molecule has 0 unspecified atom stereocenters. The summed E-state index contributed by atoms with van der Waals surface area (Å²) in [6, 6.07) is 0. The number of hydrogen-bond donors (Lipinski definition) is 2. The molecule has 5 nitrogen and oxygen atoms in total. The third-order valence-electron chi connectivity index (χ3n) is 1.18. The van der Waals surface area contributed by atoms with Crippen LogP contribution in [0, 0.1) is 0 Å². The zero-order valence-electron chi connectivity index (χ0n) is 5.84. The van der Waals surface area contributed by atoms with Crippen LogP contribution in [0.15, 0.2) is 0 Å². The normalized spacial score (nSPS) is 15.1. The molecule has 0 radical (unpaired) electrons. The second kappa shape index (κ2) is 5.82. The molecule has 0 saturated carbocycles. The van der Waals surface area contributed by atoms with Crippen molar-refractivity contribution in [2.75, 3.05) is 6.61 Å². The maximum absolute atomic E-state index is 9.85. The molecule has 0 aliphatic heterocycles. The summed E-state index contributed by atoms with van der Waals surface area (Å²) >= 11 is 0. The van der Waals surface area contributed by atoms with Crippen molar-refractivity contribution in [3.05, 3.63) is 0 Å². The topological polar surface area (TPSA) is 83.8 Å². The summed E-state index contributed by atoms with van der Waals surface area (Å²) in [5.41, 5.74) is 0. The predicted octanol–water partition coefficient (Wildman–Crippen LogP) is -1.53. The van der Waals surface area contributed by atoms with Gasteiger partial charge in [0.15, 0.2) is 6.10 Å². The fourth-order valence-electron chi connectivity index (χ4n) is 0.577. The summed E-state index contributed by atoms with van der Waals surface area (Å²) in [6.07, 6.45) is -1.79. The van der Waals surface area contributed by atoms with Crippen LogP contribution in [0.3, 0.4) is 0 Å². The van der Waals surface area contributed by atoms with E-state index in [4.69, 9.17) is 10.2 Å². The fraction of sp³-hybridized carbons (Fsp3) is 0.667. The second-order valence-electron chi connectivity index (χ2n) is 1.92. The molecule has 0 aliphatic carbocycles. The molecule has 0 aliphatic rings. The van der Waals surface area contributed by atoms with Crippen LogP contribution >= 0.6 is 0 Å². The molecular weight excluding hydrogens is 152 g/mol. The molecule has 0 aromatic heterocycles. The predicted molar refractivity (Wildman–Crippen MR) is 34.7 cm³/mol. The molecule has 11 heavy (non-hydrogen) atoms. The number of aldehydes is 1. The molecule has 2 N–H and O–H groups in total. The Labute approximate surface area is 63.6 Å². The summed E-state index contributed by atoms with van der Waals surface area (Å²) in [7, 11) is 0. The highest BCUT2D eigenvalue weighted by atomic mass is 16.5. The van der Waals surface area contributed by atoms with Gasteiger partial charge in [0.2, 0.25) is 0 Å². The molecule has 0 rings (SSSR count). The van der Waals surface area contributed by atoms with Gasteiger partial charge in [-0.15, -0.1) is 0 Å². The van der Waals surface area contributed by atoms with E-state index >= 15 is 0 Å². The van der Waals surface area contributed by atoms with E-state index in [1.807, 2.05) is 0 Å². The summed E-state index contributed by atoms with van der Waals surface area (Å²) in [6.45, 7) is -0.372. The third-order valence-corrected chi connectivity index (χ3v) is 1.18. The van der Waals surface area contributed by atoms with Crippen molar-refractivity contribution in [3.63, 3.8) is 0 Å². The van der Waals surface area contributed by atoms with Gasteiger partial charge in [0, 0.05) is 6.42 Å². The van der Waals surface area contributed by atoms with E-state index < -0.39 is 18.8 Å². The van der Waals surface area contributed by atoms with Gasteiger partial charge in [0.05, 0.1) is 12.7 Å². The van der Waals surface area contributed by atoms with Gasteiger partial charge in [-0.05, 0) is 0 Å². The van der Waals surface area contributed by atoms with E-state index in [1.165, 1.54) is 0 Å². The Kier molecular flexibility index (Phi) is 5.32. The number of aliphatic hydroxyl groups is 2. The molecular formula is C6H10O5. The summed E-state index contributed by atoms with van der Waals surface area (Å²) < 4.78 is 4.27. The molecule has 0 amide bonds. The van der Waals surface area contributed by atoms with E-state index in [0.717, 1.165) is 0 Å². The van der Waals surface area contributed by atoms with Gasteiger partial charge in [-0.1, -0.05) is 0 Å². The van der Waals surface area contributed by atoms with Crippen LogP contribution in [-0.2, 0) is 14.3 Å². The Balaban J connectivity index is 3.78.